The average molecular weight is 243 g/mol. The van der Waals surface area contributed by atoms with E-state index in [0.29, 0.717) is 17.2 Å². The molecular formula is C13H19ClO2. The van der Waals surface area contributed by atoms with Gasteiger partial charge in [0.2, 0.25) is 0 Å². The first kappa shape index (κ1) is 13.3. The zero-order valence-electron chi connectivity index (χ0n) is 10.2. The standard InChI is InChI=1S/C13H19ClO2/c1-9(2)13(3,15)8-10-5-6-12(16-4)11(14)7-10/h5-7,9,15H,8H2,1-4H3. The molecule has 0 bridgehead atoms. The number of ether oxygens (including phenoxy) is 1. The molecule has 0 spiro atoms. The second-order valence-electron chi connectivity index (χ2n) is 4.66. The lowest BCUT2D eigenvalue weighted by Crippen LogP contribution is -2.33. The summed E-state index contributed by atoms with van der Waals surface area (Å²) >= 11 is 6.03. The number of benzene rings is 1. The van der Waals surface area contributed by atoms with E-state index in [1.54, 1.807) is 7.11 Å². The van der Waals surface area contributed by atoms with Gasteiger partial charge in [0.15, 0.2) is 0 Å². The van der Waals surface area contributed by atoms with E-state index < -0.39 is 5.60 Å². The molecular weight excluding hydrogens is 224 g/mol. The van der Waals surface area contributed by atoms with Gasteiger partial charge in [-0.2, -0.15) is 0 Å². The molecule has 1 aromatic rings. The molecule has 0 aliphatic carbocycles. The van der Waals surface area contributed by atoms with Gasteiger partial charge in [-0.1, -0.05) is 31.5 Å². The third-order valence-electron chi connectivity index (χ3n) is 3.02. The van der Waals surface area contributed by atoms with Crippen molar-refractivity contribution in [3.8, 4) is 5.75 Å². The predicted octanol–water partition coefficient (Wildman–Crippen LogP) is 3.30. The first-order valence-corrected chi connectivity index (χ1v) is 5.79. The highest BCUT2D eigenvalue weighted by molar-refractivity contribution is 6.32. The quantitative estimate of drug-likeness (QED) is 0.878. The zero-order chi connectivity index (χ0) is 12.3. The van der Waals surface area contributed by atoms with Crippen LogP contribution in [0.5, 0.6) is 5.75 Å². The Bertz CT molecular complexity index is 359. The summed E-state index contributed by atoms with van der Waals surface area (Å²) in [6.45, 7) is 5.85. The van der Waals surface area contributed by atoms with Crippen LogP contribution in [0.3, 0.4) is 0 Å². The van der Waals surface area contributed by atoms with Crippen molar-refractivity contribution in [2.45, 2.75) is 32.8 Å². The van der Waals surface area contributed by atoms with Crippen molar-refractivity contribution >= 4 is 11.6 Å². The lowest BCUT2D eigenvalue weighted by atomic mass is 9.86. The topological polar surface area (TPSA) is 29.5 Å². The third-order valence-corrected chi connectivity index (χ3v) is 3.32. The molecule has 1 aromatic carbocycles. The van der Waals surface area contributed by atoms with Gasteiger partial charge in [-0.15, -0.1) is 0 Å². The molecule has 0 radical (unpaired) electrons. The summed E-state index contributed by atoms with van der Waals surface area (Å²) in [5, 5.41) is 10.8. The second-order valence-corrected chi connectivity index (χ2v) is 5.06. The Morgan fingerprint density at radius 1 is 1.44 bits per heavy atom. The van der Waals surface area contributed by atoms with Crippen LogP contribution in [0.1, 0.15) is 26.3 Å². The van der Waals surface area contributed by atoms with E-state index in [-0.39, 0.29) is 5.92 Å². The predicted molar refractivity (Wildman–Crippen MR) is 67.2 cm³/mol. The van der Waals surface area contributed by atoms with Crippen molar-refractivity contribution < 1.29 is 9.84 Å². The number of hydrogen-bond donors (Lipinski definition) is 1. The van der Waals surface area contributed by atoms with Crippen molar-refractivity contribution in [1.82, 2.24) is 0 Å². The van der Waals surface area contributed by atoms with Crippen LogP contribution in [0.2, 0.25) is 5.02 Å². The average Bonchev–Trinajstić information content (AvgIpc) is 2.17. The van der Waals surface area contributed by atoms with E-state index in [1.165, 1.54) is 0 Å². The van der Waals surface area contributed by atoms with Crippen LogP contribution in [0.15, 0.2) is 18.2 Å². The Morgan fingerprint density at radius 2 is 2.06 bits per heavy atom. The summed E-state index contributed by atoms with van der Waals surface area (Å²) in [6.07, 6.45) is 0.592. The van der Waals surface area contributed by atoms with Gasteiger partial charge in [0.1, 0.15) is 5.75 Å². The molecule has 90 valence electrons. The Hall–Kier alpha value is -0.730. The van der Waals surface area contributed by atoms with Crippen molar-refractivity contribution in [2.75, 3.05) is 7.11 Å². The maximum absolute atomic E-state index is 10.2. The highest BCUT2D eigenvalue weighted by Gasteiger charge is 2.25. The van der Waals surface area contributed by atoms with Gasteiger partial charge in [-0.25, -0.2) is 0 Å². The van der Waals surface area contributed by atoms with Crippen LogP contribution in [0, 0.1) is 5.92 Å². The molecule has 1 N–H and O–H groups in total. The Morgan fingerprint density at radius 3 is 2.50 bits per heavy atom. The van der Waals surface area contributed by atoms with Gasteiger partial charge in [0.25, 0.3) is 0 Å². The minimum absolute atomic E-state index is 0.202. The number of methoxy groups -OCH3 is 1. The summed E-state index contributed by atoms with van der Waals surface area (Å²) in [5.74, 6) is 0.864. The number of rotatable bonds is 4. The third kappa shape index (κ3) is 3.13. The van der Waals surface area contributed by atoms with Gasteiger partial charge < -0.3 is 9.84 Å². The van der Waals surface area contributed by atoms with Gasteiger partial charge in [-0.05, 0) is 30.5 Å². The molecule has 0 heterocycles. The molecule has 0 saturated carbocycles. The molecule has 0 aliphatic rings. The van der Waals surface area contributed by atoms with E-state index in [0.717, 1.165) is 5.56 Å². The van der Waals surface area contributed by atoms with Gasteiger partial charge in [0, 0.05) is 6.42 Å². The van der Waals surface area contributed by atoms with Crippen LogP contribution >= 0.6 is 11.6 Å². The summed E-state index contributed by atoms with van der Waals surface area (Å²) in [7, 11) is 1.59. The largest absolute Gasteiger partial charge is 0.495 e. The van der Waals surface area contributed by atoms with Crippen LogP contribution in [-0.4, -0.2) is 17.8 Å². The highest BCUT2D eigenvalue weighted by Crippen LogP contribution is 2.28. The first-order chi connectivity index (χ1) is 7.36. The van der Waals surface area contributed by atoms with Crippen LogP contribution in [0.25, 0.3) is 0 Å². The molecule has 1 atom stereocenters. The van der Waals surface area contributed by atoms with Gasteiger partial charge >= 0.3 is 0 Å². The smallest absolute Gasteiger partial charge is 0.137 e. The lowest BCUT2D eigenvalue weighted by Gasteiger charge is -2.27. The monoisotopic (exact) mass is 242 g/mol. The zero-order valence-corrected chi connectivity index (χ0v) is 11.0. The SMILES string of the molecule is COc1ccc(CC(C)(O)C(C)C)cc1Cl. The van der Waals surface area contributed by atoms with Crippen molar-refractivity contribution in [3.05, 3.63) is 28.8 Å². The maximum atomic E-state index is 10.2. The van der Waals surface area contributed by atoms with Gasteiger partial charge in [-0.3, -0.25) is 0 Å². The van der Waals surface area contributed by atoms with E-state index in [9.17, 15) is 5.11 Å². The fraction of sp³-hybridized carbons (Fsp3) is 0.538. The fourth-order valence-corrected chi connectivity index (χ4v) is 1.72. The number of aliphatic hydroxyl groups is 1. The summed E-state index contributed by atoms with van der Waals surface area (Å²) < 4.78 is 5.08. The molecule has 0 saturated heterocycles. The molecule has 3 heteroatoms. The molecule has 2 nitrogen and oxygen atoms in total. The Kier molecular flexibility index (Phi) is 4.22. The first-order valence-electron chi connectivity index (χ1n) is 5.41. The Labute approximate surface area is 102 Å². The highest BCUT2D eigenvalue weighted by atomic mass is 35.5. The van der Waals surface area contributed by atoms with Crippen LogP contribution in [0.4, 0.5) is 0 Å². The van der Waals surface area contributed by atoms with Crippen molar-refractivity contribution in [3.63, 3.8) is 0 Å². The van der Waals surface area contributed by atoms with E-state index >= 15 is 0 Å². The van der Waals surface area contributed by atoms with E-state index in [2.05, 4.69) is 0 Å². The molecule has 16 heavy (non-hydrogen) atoms. The molecule has 0 fully saturated rings. The Balaban J connectivity index is 2.87. The second kappa shape index (κ2) is 5.07. The number of hydrogen-bond acceptors (Lipinski definition) is 2. The van der Waals surface area contributed by atoms with Crippen LogP contribution in [-0.2, 0) is 6.42 Å². The summed E-state index contributed by atoms with van der Waals surface area (Å²) in [5.41, 5.74) is 0.308. The van der Waals surface area contributed by atoms with E-state index in [1.807, 2.05) is 39.0 Å². The molecule has 0 amide bonds. The number of halogens is 1. The minimum Gasteiger partial charge on any atom is -0.495 e. The van der Waals surface area contributed by atoms with Gasteiger partial charge in [0.05, 0.1) is 17.7 Å². The fourth-order valence-electron chi connectivity index (χ4n) is 1.44. The summed E-state index contributed by atoms with van der Waals surface area (Å²) in [4.78, 5) is 0. The maximum Gasteiger partial charge on any atom is 0.137 e. The molecule has 0 aromatic heterocycles. The van der Waals surface area contributed by atoms with E-state index in [4.69, 9.17) is 16.3 Å². The molecule has 1 rings (SSSR count). The normalized spacial score (nSPS) is 14.9. The minimum atomic E-state index is -0.710. The van der Waals surface area contributed by atoms with Crippen molar-refractivity contribution in [2.24, 2.45) is 5.92 Å². The lowest BCUT2D eigenvalue weighted by molar-refractivity contribution is 0.0139. The molecule has 0 aliphatic heterocycles. The molecule has 1 unspecified atom stereocenters. The van der Waals surface area contributed by atoms with Crippen molar-refractivity contribution in [1.29, 1.82) is 0 Å². The summed E-state index contributed by atoms with van der Waals surface area (Å²) in [6, 6.07) is 5.60. The van der Waals surface area contributed by atoms with Crippen LogP contribution < -0.4 is 4.74 Å².